The number of halogens is 1. The van der Waals surface area contributed by atoms with Crippen LogP contribution >= 0.6 is 0 Å². The molecule has 0 spiro atoms. The first-order chi connectivity index (χ1) is 9.65. The van der Waals surface area contributed by atoms with E-state index in [-0.39, 0.29) is 11.9 Å². The summed E-state index contributed by atoms with van der Waals surface area (Å²) in [7, 11) is 0. The summed E-state index contributed by atoms with van der Waals surface area (Å²) in [6.07, 6.45) is 4.61. The lowest BCUT2D eigenvalue weighted by molar-refractivity contribution is 0.0304. The summed E-state index contributed by atoms with van der Waals surface area (Å²) in [6.45, 7) is 3.89. The van der Waals surface area contributed by atoms with Crippen LogP contribution < -0.4 is 10.6 Å². The van der Waals surface area contributed by atoms with Crippen molar-refractivity contribution in [1.82, 2.24) is 0 Å². The summed E-state index contributed by atoms with van der Waals surface area (Å²) < 4.78 is 19.4. The molecule has 3 atom stereocenters. The third-order valence-corrected chi connectivity index (χ3v) is 4.43. The molecule has 1 aromatic rings. The largest absolute Gasteiger partial charge is 0.371 e. The number of hydrogen-bond donors (Lipinski definition) is 1. The van der Waals surface area contributed by atoms with Gasteiger partial charge >= 0.3 is 0 Å². The number of nitrogens with two attached hydrogens (primary N) is 1. The Hall–Kier alpha value is -1.13. The second-order valence-electron chi connectivity index (χ2n) is 6.01. The SMILES string of the molecule is CCC(N)Cc1cc(F)ccc1N1CC2CCC(C1)O2. The van der Waals surface area contributed by atoms with Crippen LogP contribution in [0.1, 0.15) is 31.7 Å². The molecule has 2 aliphatic heterocycles. The average molecular weight is 278 g/mol. The quantitative estimate of drug-likeness (QED) is 0.919. The Morgan fingerprint density at radius 3 is 2.70 bits per heavy atom. The van der Waals surface area contributed by atoms with Gasteiger partial charge in [-0.2, -0.15) is 0 Å². The fraction of sp³-hybridized carbons (Fsp3) is 0.625. The number of morpholine rings is 1. The standard InChI is InChI=1S/C16H23FN2O/c1-2-13(18)8-11-7-12(17)3-6-16(11)19-9-14-4-5-15(10-19)20-14/h3,6-7,13-15H,2,4-5,8-10,18H2,1H3. The molecular formula is C16H23FN2O. The molecule has 20 heavy (non-hydrogen) atoms. The summed E-state index contributed by atoms with van der Waals surface area (Å²) in [4.78, 5) is 2.35. The second-order valence-corrected chi connectivity index (χ2v) is 6.01. The highest BCUT2D eigenvalue weighted by Gasteiger charge is 2.34. The monoisotopic (exact) mass is 278 g/mol. The van der Waals surface area contributed by atoms with E-state index >= 15 is 0 Å². The van der Waals surface area contributed by atoms with Crippen LogP contribution in [0.4, 0.5) is 10.1 Å². The van der Waals surface area contributed by atoms with E-state index in [0.29, 0.717) is 12.2 Å². The van der Waals surface area contributed by atoms with Crippen molar-refractivity contribution in [2.24, 2.45) is 5.73 Å². The molecule has 1 aromatic carbocycles. The molecule has 0 aliphatic carbocycles. The average Bonchev–Trinajstić information content (AvgIpc) is 2.77. The molecule has 3 nitrogen and oxygen atoms in total. The minimum absolute atomic E-state index is 0.0910. The van der Waals surface area contributed by atoms with E-state index in [4.69, 9.17) is 10.5 Å². The molecule has 2 N–H and O–H groups in total. The number of rotatable bonds is 4. The van der Waals surface area contributed by atoms with Gasteiger partial charge < -0.3 is 15.4 Å². The Labute approximate surface area is 119 Å². The van der Waals surface area contributed by atoms with Crippen LogP contribution in [-0.4, -0.2) is 31.3 Å². The molecule has 0 amide bonds. The van der Waals surface area contributed by atoms with Gasteiger partial charge in [-0.3, -0.25) is 0 Å². The number of anilines is 1. The molecule has 3 rings (SSSR count). The van der Waals surface area contributed by atoms with Crippen LogP contribution in [0, 0.1) is 5.82 Å². The molecule has 3 unspecified atom stereocenters. The molecule has 2 aliphatic rings. The Morgan fingerprint density at radius 1 is 1.35 bits per heavy atom. The number of benzene rings is 1. The molecular weight excluding hydrogens is 255 g/mol. The van der Waals surface area contributed by atoms with Crippen LogP contribution in [0.3, 0.4) is 0 Å². The molecule has 0 aromatic heterocycles. The third kappa shape index (κ3) is 2.81. The Bertz CT molecular complexity index is 468. The minimum Gasteiger partial charge on any atom is -0.371 e. The lowest BCUT2D eigenvalue weighted by Gasteiger charge is -2.35. The van der Waals surface area contributed by atoms with E-state index in [1.54, 1.807) is 12.1 Å². The van der Waals surface area contributed by atoms with Crippen molar-refractivity contribution >= 4 is 5.69 Å². The summed E-state index contributed by atoms with van der Waals surface area (Å²) in [6, 6.07) is 5.18. The normalized spacial score (nSPS) is 26.9. The van der Waals surface area contributed by atoms with Gasteiger partial charge in [0.2, 0.25) is 0 Å². The predicted octanol–water partition coefficient (Wildman–Crippen LogP) is 2.47. The van der Waals surface area contributed by atoms with Crippen LogP contribution in [0.5, 0.6) is 0 Å². The van der Waals surface area contributed by atoms with Gasteiger partial charge in [0, 0.05) is 24.8 Å². The van der Waals surface area contributed by atoms with Crippen LogP contribution in [0.2, 0.25) is 0 Å². The number of nitrogens with zero attached hydrogens (tertiary/aromatic N) is 1. The maximum atomic E-state index is 13.6. The van der Waals surface area contributed by atoms with Crippen LogP contribution in [0.15, 0.2) is 18.2 Å². The zero-order chi connectivity index (χ0) is 14.1. The van der Waals surface area contributed by atoms with Gasteiger partial charge in [-0.1, -0.05) is 6.92 Å². The first-order valence-electron chi connectivity index (χ1n) is 7.60. The Morgan fingerprint density at radius 2 is 2.05 bits per heavy atom. The molecule has 0 saturated carbocycles. The third-order valence-electron chi connectivity index (χ3n) is 4.43. The number of fused-ring (bicyclic) bond motifs is 2. The molecule has 2 bridgehead atoms. The molecule has 110 valence electrons. The van der Waals surface area contributed by atoms with Crippen LogP contribution in [-0.2, 0) is 11.2 Å². The number of ether oxygens (including phenoxy) is 1. The van der Waals surface area contributed by atoms with Gasteiger partial charge in [-0.25, -0.2) is 4.39 Å². The van der Waals surface area contributed by atoms with Crippen molar-refractivity contribution in [2.45, 2.75) is 50.9 Å². The van der Waals surface area contributed by atoms with Crippen molar-refractivity contribution in [3.63, 3.8) is 0 Å². The summed E-state index contributed by atoms with van der Waals surface area (Å²) >= 11 is 0. The van der Waals surface area contributed by atoms with Crippen molar-refractivity contribution in [1.29, 1.82) is 0 Å². The Balaban J connectivity index is 1.84. The maximum Gasteiger partial charge on any atom is 0.123 e. The minimum atomic E-state index is -0.178. The van der Waals surface area contributed by atoms with Gasteiger partial charge in [0.15, 0.2) is 0 Å². The van der Waals surface area contributed by atoms with Crippen molar-refractivity contribution in [2.75, 3.05) is 18.0 Å². The highest BCUT2D eigenvalue weighted by atomic mass is 19.1. The van der Waals surface area contributed by atoms with Gasteiger partial charge in [-0.05, 0) is 49.4 Å². The summed E-state index contributed by atoms with van der Waals surface area (Å²) in [5.74, 6) is -0.178. The van der Waals surface area contributed by atoms with E-state index in [2.05, 4.69) is 11.8 Å². The lowest BCUT2D eigenvalue weighted by Crippen LogP contribution is -2.43. The van der Waals surface area contributed by atoms with Crippen LogP contribution in [0.25, 0.3) is 0 Å². The van der Waals surface area contributed by atoms with Gasteiger partial charge in [0.25, 0.3) is 0 Å². The lowest BCUT2D eigenvalue weighted by atomic mass is 10.0. The molecule has 0 radical (unpaired) electrons. The first kappa shape index (κ1) is 13.8. The Kier molecular flexibility index (Phi) is 3.94. The maximum absolute atomic E-state index is 13.6. The van der Waals surface area contributed by atoms with Crippen molar-refractivity contribution in [3.8, 4) is 0 Å². The van der Waals surface area contributed by atoms with Crippen molar-refractivity contribution in [3.05, 3.63) is 29.6 Å². The van der Waals surface area contributed by atoms with E-state index in [1.807, 2.05) is 6.07 Å². The summed E-state index contributed by atoms with van der Waals surface area (Å²) in [5.41, 5.74) is 8.22. The van der Waals surface area contributed by atoms with E-state index in [0.717, 1.165) is 50.0 Å². The highest BCUT2D eigenvalue weighted by molar-refractivity contribution is 5.55. The van der Waals surface area contributed by atoms with Gasteiger partial charge in [0.05, 0.1) is 12.2 Å². The van der Waals surface area contributed by atoms with Gasteiger partial charge in [-0.15, -0.1) is 0 Å². The second kappa shape index (κ2) is 5.70. The molecule has 4 heteroatoms. The zero-order valence-electron chi connectivity index (χ0n) is 12.0. The first-order valence-corrected chi connectivity index (χ1v) is 7.60. The zero-order valence-corrected chi connectivity index (χ0v) is 12.0. The van der Waals surface area contributed by atoms with Crippen molar-refractivity contribution < 1.29 is 9.13 Å². The topological polar surface area (TPSA) is 38.5 Å². The fourth-order valence-electron chi connectivity index (χ4n) is 3.26. The highest BCUT2D eigenvalue weighted by Crippen LogP contribution is 2.32. The fourth-order valence-corrected chi connectivity index (χ4v) is 3.26. The molecule has 2 fully saturated rings. The summed E-state index contributed by atoms with van der Waals surface area (Å²) in [5, 5.41) is 0. The smallest absolute Gasteiger partial charge is 0.123 e. The number of hydrogen-bond acceptors (Lipinski definition) is 3. The van der Waals surface area contributed by atoms with E-state index in [9.17, 15) is 4.39 Å². The van der Waals surface area contributed by atoms with Gasteiger partial charge in [0.1, 0.15) is 5.82 Å². The predicted molar refractivity (Wildman–Crippen MR) is 78.5 cm³/mol. The molecule has 2 saturated heterocycles. The van der Waals surface area contributed by atoms with E-state index in [1.165, 1.54) is 0 Å². The van der Waals surface area contributed by atoms with E-state index < -0.39 is 0 Å². The molecule has 2 heterocycles.